The van der Waals surface area contributed by atoms with Gasteiger partial charge in [0.25, 0.3) is 0 Å². The summed E-state index contributed by atoms with van der Waals surface area (Å²) in [5.74, 6) is 0. The van der Waals surface area contributed by atoms with Crippen LogP contribution in [0.4, 0.5) is 0 Å². The molecule has 0 aliphatic carbocycles. The van der Waals surface area contributed by atoms with Crippen LogP contribution in [0.1, 0.15) is 24.8 Å². The summed E-state index contributed by atoms with van der Waals surface area (Å²) in [7, 11) is 0. The molecule has 2 aliphatic rings. The molecule has 0 amide bonds. The summed E-state index contributed by atoms with van der Waals surface area (Å²) in [5, 5.41) is 1.36. The zero-order valence-corrected chi connectivity index (χ0v) is 11.0. The molecule has 0 spiro atoms. The predicted molar refractivity (Wildman–Crippen MR) is 69.6 cm³/mol. The van der Waals surface area contributed by atoms with E-state index in [1.165, 1.54) is 0 Å². The molecular formula is C13H15Cl2NO. The van der Waals surface area contributed by atoms with E-state index in [-0.39, 0.29) is 11.6 Å². The molecule has 1 aromatic carbocycles. The summed E-state index contributed by atoms with van der Waals surface area (Å²) in [6, 6.07) is 5.60. The van der Waals surface area contributed by atoms with Crippen molar-refractivity contribution in [2.45, 2.75) is 43.4 Å². The van der Waals surface area contributed by atoms with E-state index < -0.39 is 0 Å². The lowest BCUT2D eigenvalue weighted by atomic mass is 9.78. The lowest BCUT2D eigenvalue weighted by Crippen LogP contribution is -2.50. The Morgan fingerprint density at radius 3 is 2.76 bits per heavy atom. The number of halogens is 2. The van der Waals surface area contributed by atoms with Gasteiger partial charge in [0, 0.05) is 15.6 Å². The van der Waals surface area contributed by atoms with Crippen molar-refractivity contribution in [2.75, 3.05) is 0 Å². The van der Waals surface area contributed by atoms with Gasteiger partial charge < -0.3 is 10.5 Å². The Morgan fingerprint density at radius 2 is 2.18 bits per heavy atom. The Bertz CT molecular complexity index is 451. The molecule has 2 bridgehead atoms. The van der Waals surface area contributed by atoms with Gasteiger partial charge in [-0.3, -0.25) is 0 Å². The number of benzene rings is 1. The van der Waals surface area contributed by atoms with Crippen LogP contribution in [0, 0.1) is 0 Å². The van der Waals surface area contributed by atoms with Crippen LogP contribution in [-0.2, 0) is 11.2 Å². The first-order valence-electron chi connectivity index (χ1n) is 5.95. The maximum atomic E-state index is 6.47. The van der Waals surface area contributed by atoms with E-state index in [9.17, 15) is 0 Å². The Balaban J connectivity index is 1.83. The van der Waals surface area contributed by atoms with Crippen molar-refractivity contribution in [2.24, 2.45) is 5.73 Å². The van der Waals surface area contributed by atoms with E-state index in [4.69, 9.17) is 33.7 Å². The fraction of sp³-hybridized carbons (Fsp3) is 0.538. The molecule has 3 unspecified atom stereocenters. The number of nitrogens with two attached hydrogens (primary N) is 1. The summed E-state index contributed by atoms with van der Waals surface area (Å²) >= 11 is 12.1. The van der Waals surface area contributed by atoms with Gasteiger partial charge in [0.05, 0.1) is 12.2 Å². The number of rotatable bonds is 2. The largest absolute Gasteiger partial charge is 0.373 e. The molecule has 1 aromatic rings. The monoisotopic (exact) mass is 271 g/mol. The van der Waals surface area contributed by atoms with Crippen LogP contribution >= 0.6 is 23.2 Å². The molecule has 3 atom stereocenters. The van der Waals surface area contributed by atoms with Crippen LogP contribution in [0.15, 0.2) is 18.2 Å². The minimum atomic E-state index is -0.250. The van der Waals surface area contributed by atoms with Gasteiger partial charge in [-0.25, -0.2) is 0 Å². The van der Waals surface area contributed by atoms with Crippen LogP contribution < -0.4 is 5.73 Å². The summed E-state index contributed by atoms with van der Waals surface area (Å²) in [4.78, 5) is 0. The SMILES string of the molecule is NC1(Cc2ccc(Cl)cc2Cl)CC2CCC1O2. The molecule has 2 nitrogen and oxygen atoms in total. The fourth-order valence-electron chi connectivity index (χ4n) is 3.04. The molecule has 4 heteroatoms. The number of fused-ring (bicyclic) bond motifs is 2. The van der Waals surface area contributed by atoms with Crippen molar-refractivity contribution in [3.8, 4) is 0 Å². The lowest BCUT2D eigenvalue weighted by molar-refractivity contribution is 0.0856. The third kappa shape index (κ3) is 2.08. The summed E-state index contributed by atoms with van der Waals surface area (Å²) < 4.78 is 5.83. The molecule has 0 saturated carbocycles. The Hall–Kier alpha value is -0.280. The van der Waals surface area contributed by atoms with Crippen molar-refractivity contribution in [3.05, 3.63) is 33.8 Å². The summed E-state index contributed by atoms with van der Waals surface area (Å²) in [5.41, 5.74) is 7.28. The van der Waals surface area contributed by atoms with Gasteiger partial charge in [-0.05, 0) is 43.4 Å². The molecule has 92 valence electrons. The van der Waals surface area contributed by atoms with Crippen molar-refractivity contribution < 1.29 is 4.74 Å². The number of ether oxygens (including phenoxy) is 1. The maximum Gasteiger partial charge on any atom is 0.0763 e. The molecule has 3 rings (SSSR count). The molecule has 0 aromatic heterocycles. The topological polar surface area (TPSA) is 35.2 Å². The Morgan fingerprint density at radius 1 is 1.35 bits per heavy atom. The highest BCUT2D eigenvalue weighted by molar-refractivity contribution is 6.35. The van der Waals surface area contributed by atoms with Gasteiger partial charge in [-0.15, -0.1) is 0 Å². The van der Waals surface area contributed by atoms with Crippen molar-refractivity contribution >= 4 is 23.2 Å². The Labute approximate surface area is 111 Å². The lowest BCUT2D eigenvalue weighted by Gasteiger charge is -2.31. The zero-order chi connectivity index (χ0) is 12.0. The zero-order valence-electron chi connectivity index (χ0n) is 9.46. The molecule has 2 heterocycles. The minimum Gasteiger partial charge on any atom is -0.373 e. The van der Waals surface area contributed by atoms with E-state index >= 15 is 0 Å². The molecule has 2 N–H and O–H groups in total. The number of hydrogen-bond acceptors (Lipinski definition) is 2. The molecular weight excluding hydrogens is 257 g/mol. The fourth-order valence-corrected chi connectivity index (χ4v) is 3.52. The van der Waals surface area contributed by atoms with Crippen LogP contribution in [0.5, 0.6) is 0 Å². The molecule has 2 saturated heterocycles. The van der Waals surface area contributed by atoms with Gasteiger partial charge in [0.2, 0.25) is 0 Å². The minimum absolute atomic E-state index is 0.194. The second-order valence-electron chi connectivity index (χ2n) is 5.17. The standard InChI is InChI=1S/C13H15Cl2NO/c14-9-2-1-8(11(15)5-9)6-13(16)7-10-3-4-12(13)17-10/h1-2,5,10,12H,3-4,6-7,16H2. The van der Waals surface area contributed by atoms with E-state index in [0.29, 0.717) is 16.1 Å². The van der Waals surface area contributed by atoms with Crippen LogP contribution in [0.25, 0.3) is 0 Å². The van der Waals surface area contributed by atoms with E-state index in [2.05, 4.69) is 0 Å². The predicted octanol–water partition coefficient (Wildman–Crippen LogP) is 3.18. The average Bonchev–Trinajstić information content (AvgIpc) is 2.82. The molecule has 0 radical (unpaired) electrons. The highest BCUT2D eigenvalue weighted by Gasteiger charge is 2.49. The van der Waals surface area contributed by atoms with Crippen LogP contribution in [-0.4, -0.2) is 17.7 Å². The maximum absolute atomic E-state index is 6.47. The second kappa shape index (κ2) is 4.13. The summed E-state index contributed by atoms with van der Waals surface area (Å²) in [6.07, 6.45) is 4.49. The quantitative estimate of drug-likeness (QED) is 0.897. The molecule has 2 aliphatic heterocycles. The van der Waals surface area contributed by atoms with E-state index in [0.717, 1.165) is 31.2 Å². The highest BCUT2D eigenvalue weighted by Crippen LogP contribution is 2.42. The van der Waals surface area contributed by atoms with E-state index in [1.807, 2.05) is 12.1 Å². The first-order chi connectivity index (χ1) is 8.07. The second-order valence-corrected chi connectivity index (χ2v) is 6.02. The van der Waals surface area contributed by atoms with Gasteiger partial charge >= 0.3 is 0 Å². The van der Waals surface area contributed by atoms with Crippen molar-refractivity contribution in [1.29, 1.82) is 0 Å². The van der Waals surface area contributed by atoms with E-state index in [1.54, 1.807) is 6.07 Å². The smallest absolute Gasteiger partial charge is 0.0763 e. The Kier molecular flexibility index (Phi) is 2.86. The normalized spacial score (nSPS) is 35.5. The molecule has 2 fully saturated rings. The van der Waals surface area contributed by atoms with Gasteiger partial charge in [0.1, 0.15) is 0 Å². The van der Waals surface area contributed by atoms with Crippen LogP contribution in [0.3, 0.4) is 0 Å². The third-order valence-electron chi connectivity index (χ3n) is 3.89. The first-order valence-corrected chi connectivity index (χ1v) is 6.71. The third-order valence-corrected chi connectivity index (χ3v) is 4.48. The van der Waals surface area contributed by atoms with Gasteiger partial charge in [-0.1, -0.05) is 29.3 Å². The van der Waals surface area contributed by atoms with Crippen molar-refractivity contribution in [3.63, 3.8) is 0 Å². The molecule has 17 heavy (non-hydrogen) atoms. The van der Waals surface area contributed by atoms with Crippen LogP contribution in [0.2, 0.25) is 10.0 Å². The number of hydrogen-bond donors (Lipinski definition) is 1. The average molecular weight is 272 g/mol. The first kappa shape index (κ1) is 11.8. The van der Waals surface area contributed by atoms with Crippen molar-refractivity contribution in [1.82, 2.24) is 0 Å². The van der Waals surface area contributed by atoms with Gasteiger partial charge in [-0.2, -0.15) is 0 Å². The summed E-state index contributed by atoms with van der Waals surface area (Å²) in [6.45, 7) is 0. The highest BCUT2D eigenvalue weighted by atomic mass is 35.5. The van der Waals surface area contributed by atoms with Gasteiger partial charge in [0.15, 0.2) is 0 Å².